The average molecular weight is 1120 g/mol. The fourth-order valence-corrected chi connectivity index (χ4v) is 9.84. The van der Waals surface area contributed by atoms with Crippen molar-refractivity contribution >= 4 is 23.9 Å². The smallest absolute Gasteiger partial charge is 0.335 e. The zero-order valence-corrected chi connectivity index (χ0v) is 50.6. The van der Waals surface area contributed by atoms with Crippen LogP contribution in [0, 0.1) is 0 Å². The molecule has 0 amide bonds. The molecule has 1 aliphatic heterocycles. The summed E-state index contributed by atoms with van der Waals surface area (Å²) >= 11 is 0. The number of carbonyl (C=O) groups is 4. The Morgan fingerprint density at radius 1 is 0.418 bits per heavy atom. The van der Waals surface area contributed by atoms with Gasteiger partial charge in [-0.1, -0.05) is 249 Å². The molecule has 1 aliphatic rings. The van der Waals surface area contributed by atoms with E-state index in [0.717, 1.165) is 109 Å². The van der Waals surface area contributed by atoms with E-state index in [1.54, 1.807) is 0 Å². The van der Waals surface area contributed by atoms with Crippen LogP contribution in [0.25, 0.3) is 0 Å². The zero-order chi connectivity index (χ0) is 57.5. The topological polar surface area (TPSA) is 175 Å². The van der Waals surface area contributed by atoms with Crippen LogP contribution < -0.4 is 0 Å². The van der Waals surface area contributed by atoms with E-state index in [9.17, 15) is 34.5 Å². The highest BCUT2D eigenvalue weighted by molar-refractivity contribution is 5.74. The van der Waals surface area contributed by atoms with Crippen molar-refractivity contribution in [2.75, 3.05) is 13.2 Å². The second kappa shape index (κ2) is 55.2. The van der Waals surface area contributed by atoms with Crippen molar-refractivity contribution in [3.05, 3.63) is 48.6 Å². The highest BCUT2D eigenvalue weighted by Crippen LogP contribution is 2.27. The Labute approximate surface area is 482 Å². The molecule has 1 rings (SSSR count). The number of carboxylic acid groups (broad SMARTS) is 1. The SMILES string of the molecule is CCCCC/C=C\C/C=C\CCCCCCCCCCCC(=O)OCC(COC1OC(C(=O)O)C(O)C(O)C1OC(=O)CCCCCCCCC/C=C\C/C=C\CCCCC)OC(=O)CCCCCCCCCCCCCCC. The number of aliphatic hydroxyl groups is 2. The minimum absolute atomic E-state index is 0.0534. The number of esters is 3. The molecule has 6 atom stereocenters. The summed E-state index contributed by atoms with van der Waals surface area (Å²) in [6, 6.07) is 0. The Hall–Kier alpha value is -3.32. The van der Waals surface area contributed by atoms with Crippen LogP contribution in [-0.2, 0) is 42.9 Å². The number of carboxylic acids is 1. The summed E-state index contributed by atoms with van der Waals surface area (Å²) in [6.45, 7) is 5.97. The van der Waals surface area contributed by atoms with Crippen LogP contribution in [0.1, 0.15) is 303 Å². The van der Waals surface area contributed by atoms with Crippen molar-refractivity contribution in [2.45, 2.75) is 340 Å². The van der Waals surface area contributed by atoms with E-state index >= 15 is 0 Å². The molecule has 1 saturated heterocycles. The predicted molar refractivity (Wildman–Crippen MR) is 322 cm³/mol. The van der Waals surface area contributed by atoms with E-state index < -0.39 is 67.3 Å². The van der Waals surface area contributed by atoms with Crippen molar-refractivity contribution in [1.29, 1.82) is 0 Å². The minimum atomic E-state index is -1.90. The van der Waals surface area contributed by atoms with Crippen molar-refractivity contribution in [1.82, 2.24) is 0 Å². The third-order valence-electron chi connectivity index (χ3n) is 14.9. The van der Waals surface area contributed by atoms with Crippen LogP contribution >= 0.6 is 0 Å². The monoisotopic (exact) mass is 1110 g/mol. The molecule has 1 fully saturated rings. The van der Waals surface area contributed by atoms with Gasteiger partial charge in [-0.15, -0.1) is 0 Å². The Balaban J connectivity index is 2.64. The molecule has 12 heteroatoms. The molecule has 3 N–H and O–H groups in total. The summed E-state index contributed by atoms with van der Waals surface area (Å²) < 4.78 is 28.5. The highest BCUT2D eigenvalue weighted by atomic mass is 16.7. The van der Waals surface area contributed by atoms with Crippen LogP contribution in [0.5, 0.6) is 0 Å². The molecule has 0 bridgehead atoms. The van der Waals surface area contributed by atoms with Crippen LogP contribution in [0.3, 0.4) is 0 Å². The van der Waals surface area contributed by atoms with E-state index in [-0.39, 0.29) is 25.9 Å². The number of carbonyl (C=O) groups excluding carboxylic acids is 3. The van der Waals surface area contributed by atoms with Gasteiger partial charge in [0.25, 0.3) is 0 Å². The molecular formula is C67H118O12. The first-order valence-corrected chi connectivity index (χ1v) is 32.6. The molecule has 0 aromatic carbocycles. The molecule has 79 heavy (non-hydrogen) atoms. The maximum absolute atomic E-state index is 13.2. The third kappa shape index (κ3) is 45.0. The normalized spacial score (nSPS) is 18.1. The summed E-state index contributed by atoms with van der Waals surface area (Å²) in [5.74, 6) is -3.11. The fourth-order valence-electron chi connectivity index (χ4n) is 9.84. The lowest BCUT2D eigenvalue weighted by Crippen LogP contribution is -2.61. The van der Waals surface area contributed by atoms with Crippen molar-refractivity contribution in [3.63, 3.8) is 0 Å². The van der Waals surface area contributed by atoms with Gasteiger partial charge in [-0.2, -0.15) is 0 Å². The van der Waals surface area contributed by atoms with Crippen LogP contribution in [0.15, 0.2) is 48.6 Å². The van der Waals surface area contributed by atoms with Gasteiger partial charge in [0, 0.05) is 19.3 Å². The van der Waals surface area contributed by atoms with Crippen molar-refractivity contribution in [3.8, 4) is 0 Å². The summed E-state index contributed by atoms with van der Waals surface area (Å²) in [5, 5.41) is 31.6. The van der Waals surface area contributed by atoms with Gasteiger partial charge in [-0.3, -0.25) is 14.4 Å². The van der Waals surface area contributed by atoms with Gasteiger partial charge < -0.3 is 39.0 Å². The van der Waals surface area contributed by atoms with Gasteiger partial charge in [-0.05, 0) is 83.5 Å². The molecule has 458 valence electrons. The minimum Gasteiger partial charge on any atom is -0.479 e. The zero-order valence-electron chi connectivity index (χ0n) is 50.6. The Morgan fingerprint density at radius 2 is 0.759 bits per heavy atom. The molecule has 0 spiro atoms. The van der Waals surface area contributed by atoms with E-state index in [4.69, 9.17) is 23.7 Å². The maximum Gasteiger partial charge on any atom is 0.335 e. The quantitative estimate of drug-likeness (QED) is 0.0228. The lowest BCUT2D eigenvalue weighted by atomic mass is 9.98. The lowest BCUT2D eigenvalue weighted by Gasteiger charge is -2.40. The van der Waals surface area contributed by atoms with Gasteiger partial charge in [0.15, 0.2) is 24.6 Å². The van der Waals surface area contributed by atoms with Gasteiger partial charge in [0.2, 0.25) is 0 Å². The number of aliphatic hydroxyl groups excluding tert-OH is 2. The Morgan fingerprint density at radius 3 is 1.16 bits per heavy atom. The van der Waals surface area contributed by atoms with Crippen molar-refractivity contribution < 1.29 is 58.2 Å². The van der Waals surface area contributed by atoms with Crippen LogP contribution in [0.2, 0.25) is 0 Å². The molecule has 0 aromatic heterocycles. The summed E-state index contributed by atoms with van der Waals surface area (Å²) in [4.78, 5) is 51.3. The average Bonchev–Trinajstić information content (AvgIpc) is 3.47. The number of hydrogen-bond donors (Lipinski definition) is 3. The van der Waals surface area contributed by atoms with Crippen molar-refractivity contribution in [2.24, 2.45) is 0 Å². The molecule has 0 radical (unpaired) electrons. The number of ether oxygens (including phenoxy) is 5. The van der Waals surface area contributed by atoms with E-state index in [1.807, 2.05) is 0 Å². The number of unbranched alkanes of at least 4 members (excludes halogenated alkanes) is 34. The van der Waals surface area contributed by atoms with Gasteiger partial charge in [-0.25, -0.2) is 4.79 Å². The number of rotatable bonds is 56. The van der Waals surface area contributed by atoms with Crippen LogP contribution in [-0.4, -0.2) is 89.2 Å². The highest BCUT2D eigenvalue weighted by Gasteiger charge is 2.50. The lowest BCUT2D eigenvalue weighted by molar-refractivity contribution is -0.301. The first-order valence-electron chi connectivity index (χ1n) is 32.6. The second-order valence-corrected chi connectivity index (χ2v) is 22.4. The number of aliphatic carboxylic acids is 1. The molecule has 6 unspecified atom stereocenters. The fraction of sp³-hybridized carbons (Fsp3) is 0.821. The van der Waals surface area contributed by atoms with E-state index in [1.165, 1.54) is 135 Å². The molecule has 1 heterocycles. The largest absolute Gasteiger partial charge is 0.479 e. The van der Waals surface area contributed by atoms with Gasteiger partial charge in [0.05, 0.1) is 6.61 Å². The molecule has 0 aliphatic carbocycles. The van der Waals surface area contributed by atoms with Crippen LogP contribution in [0.4, 0.5) is 0 Å². The predicted octanol–water partition coefficient (Wildman–Crippen LogP) is 17.3. The summed E-state index contributed by atoms with van der Waals surface area (Å²) in [7, 11) is 0. The summed E-state index contributed by atoms with van der Waals surface area (Å²) in [6.07, 6.45) is 54.9. The van der Waals surface area contributed by atoms with E-state index in [0.29, 0.717) is 19.3 Å². The molecule has 0 aromatic rings. The number of allylic oxidation sites excluding steroid dienone is 8. The first-order chi connectivity index (χ1) is 38.6. The second-order valence-electron chi connectivity index (χ2n) is 22.4. The third-order valence-corrected chi connectivity index (χ3v) is 14.9. The molecular weight excluding hydrogens is 997 g/mol. The maximum atomic E-state index is 13.2. The Bertz CT molecular complexity index is 1560. The molecule has 12 nitrogen and oxygen atoms in total. The van der Waals surface area contributed by atoms with Gasteiger partial charge in [0.1, 0.15) is 18.8 Å². The van der Waals surface area contributed by atoms with Gasteiger partial charge >= 0.3 is 23.9 Å². The van der Waals surface area contributed by atoms with E-state index in [2.05, 4.69) is 69.4 Å². The first kappa shape index (κ1) is 73.7. The summed E-state index contributed by atoms with van der Waals surface area (Å²) in [5.41, 5.74) is 0. The Kier molecular flexibility index (Phi) is 51.5. The standard InChI is InChI=1S/C67H118O12/c1-4-7-10-13-16-19-22-25-27-29-30-32-33-36-38-41-44-47-50-53-59(68)75-56-58(77-60(69)54-51-48-45-42-39-35-24-21-18-15-12-9-6-3)57-76-67-65(63(72)62(71)64(79-67)66(73)74)78-61(70)55-52-49-46-43-40-37-34-31-28-26-23-20-17-14-11-8-5-2/h16-17,19-20,25-28,58,62-65,67,71-72H,4-15,18,21-24,29-57H2,1-3H3,(H,73,74)/b19-16-,20-17-,27-25-,28-26-. The number of hydrogen-bond acceptors (Lipinski definition) is 11. The molecule has 0 saturated carbocycles.